The van der Waals surface area contributed by atoms with Gasteiger partial charge in [0.1, 0.15) is 0 Å². The smallest absolute Gasteiger partial charge is 0.247 e. The van der Waals surface area contributed by atoms with Gasteiger partial charge in [-0.05, 0) is 42.8 Å². The fourth-order valence-electron chi connectivity index (χ4n) is 3.44. The predicted octanol–water partition coefficient (Wildman–Crippen LogP) is 3.79. The van der Waals surface area contributed by atoms with Crippen molar-refractivity contribution in [1.29, 1.82) is 0 Å². The van der Waals surface area contributed by atoms with Crippen LogP contribution in [-0.2, 0) is 6.54 Å². The third-order valence-electron chi connectivity index (χ3n) is 4.94. The van der Waals surface area contributed by atoms with Crippen LogP contribution in [0.25, 0.3) is 11.5 Å². The third kappa shape index (κ3) is 3.63. The topological polar surface area (TPSA) is 45.4 Å². The summed E-state index contributed by atoms with van der Waals surface area (Å²) in [5, 5.41) is 8.59. The van der Waals surface area contributed by atoms with Gasteiger partial charge in [0, 0.05) is 38.4 Å². The van der Waals surface area contributed by atoms with Crippen molar-refractivity contribution in [3.63, 3.8) is 0 Å². The summed E-state index contributed by atoms with van der Waals surface area (Å²) in [6.07, 6.45) is 1.06. The number of hydrogen-bond donors (Lipinski definition) is 0. The van der Waals surface area contributed by atoms with Crippen LogP contribution in [0.15, 0.2) is 59.0 Å². The van der Waals surface area contributed by atoms with E-state index in [4.69, 9.17) is 4.42 Å². The molecule has 0 spiro atoms. The lowest BCUT2D eigenvalue weighted by Crippen LogP contribution is -2.19. The largest absolute Gasteiger partial charge is 0.420 e. The van der Waals surface area contributed by atoms with Crippen molar-refractivity contribution in [1.82, 2.24) is 15.1 Å². The minimum Gasteiger partial charge on any atom is -0.420 e. The highest BCUT2D eigenvalue weighted by Gasteiger charge is 2.28. The molecule has 2 aromatic carbocycles. The third-order valence-corrected chi connectivity index (χ3v) is 4.94. The van der Waals surface area contributed by atoms with E-state index in [0.29, 0.717) is 11.8 Å². The van der Waals surface area contributed by atoms with Crippen molar-refractivity contribution >= 4 is 5.69 Å². The first kappa shape index (κ1) is 16.8. The molecule has 134 valence electrons. The van der Waals surface area contributed by atoms with Crippen molar-refractivity contribution in [3.05, 3.63) is 66.1 Å². The summed E-state index contributed by atoms with van der Waals surface area (Å²) in [5.74, 6) is 1.68. The van der Waals surface area contributed by atoms with Crippen LogP contribution in [0.4, 0.5) is 5.69 Å². The maximum Gasteiger partial charge on any atom is 0.247 e. The van der Waals surface area contributed by atoms with E-state index in [2.05, 4.69) is 62.5 Å². The van der Waals surface area contributed by atoms with Gasteiger partial charge in [0.25, 0.3) is 0 Å². The van der Waals surface area contributed by atoms with Gasteiger partial charge in [-0.15, -0.1) is 10.2 Å². The first-order chi connectivity index (χ1) is 12.7. The van der Waals surface area contributed by atoms with Crippen LogP contribution in [0.5, 0.6) is 0 Å². The van der Waals surface area contributed by atoms with Crippen LogP contribution in [-0.4, -0.2) is 42.3 Å². The highest BCUT2D eigenvalue weighted by Crippen LogP contribution is 2.30. The number of benzene rings is 2. The van der Waals surface area contributed by atoms with E-state index in [1.165, 1.54) is 5.56 Å². The zero-order valence-corrected chi connectivity index (χ0v) is 15.3. The maximum absolute atomic E-state index is 5.99. The Morgan fingerprint density at radius 2 is 1.81 bits per heavy atom. The minimum atomic E-state index is 0.320. The summed E-state index contributed by atoms with van der Waals surface area (Å²) in [4.78, 5) is 4.53. The Morgan fingerprint density at radius 1 is 1.04 bits per heavy atom. The molecule has 1 aromatic heterocycles. The van der Waals surface area contributed by atoms with Gasteiger partial charge in [-0.1, -0.05) is 30.3 Å². The lowest BCUT2D eigenvalue weighted by molar-refractivity contribution is 0.320. The molecule has 2 heterocycles. The summed E-state index contributed by atoms with van der Waals surface area (Å²) in [5.41, 5.74) is 3.47. The molecule has 1 aliphatic heterocycles. The summed E-state index contributed by atoms with van der Waals surface area (Å²) in [7, 11) is 4.06. The number of anilines is 1. The van der Waals surface area contributed by atoms with E-state index < -0.39 is 0 Å². The average Bonchev–Trinajstić information content (AvgIpc) is 3.32. The van der Waals surface area contributed by atoms with E-state index in [0.717, 1.165) is 43.2 Å². The Bertz CT molecular complexity index is 842. The molecule has 4 rings (SSSR count). The fourth-order valence-corrected chi connectivity index (χ4v) is 3.44. The molecule has 1 fully saturated rings. The molecule has 0 amide bonds. The molecule has 1 unspecified atom stereocenters. The molecule has 0 bridgehead atoms. The van der Waals surface area contributed by atoms with Crippen LogP contribution >= 0.6 is 0 Å². The summed E-state index contributed by atoms with van der Waals surface area (Å²) in [6.45, 7) is 3.01. The van der Waals surface area contributed by atoms with Gasteiger partial charge in [0.15, 0.2) is 0 Å². The number of nitrogens with zero attached hydrogens (tertiary/aromatic N) is 4. The van der Waals surface area contributed by atoms with E-state index in [9.17, 15) is 0 Å². The molecule has 1 aliphatic rings. The van der Waals surface area contributed by atoms with Crippen molar-refractivity contribution in [3.8, 4) is 11.5 Å². The standard InChI is InChI=1S/C21H24N4O/c1-24(2)19-10-8-17(9-11-19)20-22-23-21(26-20)18-12-13-25(15-18)14-16-6-4-3-5-7-16/h3-11,18H,12-15H2,1-2H3. The van der Waals surface area contributed by atoms with Gasteiger partial charge in [-0.25, -0.2) is 0 Å². The second-order valence-electron chi connectivity index (χ2n) is 7.09. The van der Waals surface area contributed by atoms with Crippen molar-refractivity contribution in [2.24, 2.45) is 0 Å². The van der Waals surface area contributed by atoms with Gasteiger partial charge < -0.3 is 9.32 Å². The van der Waals surface area contributed by atoms with Crippen LogP contribution < -0.4 is 4.90 Å². The first-order valence-corrected chi connectivity index (χ1v) is 9.06. The average molecular weight is 348 g/mol. The summed E-state index contributed by atoms with van der Waals surface area (Å²) in [6, 6.07) is 18.8. The molecule has 5 nitrogen and oxygen atoms in total. The molecule has 0 saturated carbocycles. The van der Waals surface area contributed by atoms with Crippen LogP contribution in [0.2, 0.25) is 0 Å². The highest BCUT2D eigenvalue weighted by atomic mass is 16.4. The molecule has 5 heteroatoms. The van der Waals surface area contributed by atoms with Gasteiger partial charge >= 0.3 is 0 Å². The summed E-state index contributed by atoms with van der Waals surface area (Å²) >= 11 is 0. The molecular formula is C21H24N4O. The van der Waals surface area contributed by atoms with Gasteiger partial charge in [0.2, 0.25) is 11.8 Å². The Hall–Kier alpha value is -2.66. The first-order valence-electron chi connectivity index (χ1n) is 9.06. The van der Waals surface area contributed by atoms with Gasteiger partial charge in [-0.3, -0.25) is 4.90 Å². The minimum absolute atomic E-state index is 0.320. The van der Waals surface area contributed by atoms with E-state index in [1.807, 2.05) is 26.2 Å². The van der Waals surface area contributed by atoms with E-state index in [1.54, 1.807) is 0 Å². The monoisotopic (exact) mass is 348 g/mol. The number of hydrogen-bond acceptors (Lipinski definition) is 5. The zero-order valence-electron chi connectivity index (χ0n) is 15.3. The number of likely N-dealkylation sites (tertiary alicyclic amines) is 1. The molecular weight excluding hydrogens is 324 g/mol. The second-order valence-corrected chi connectivity index (χ2v) is 7.09. The van der Waals surface area contributed by atoms with Crippen molar-refractivity contribution in [2.45, 2.75) is 18.9 Å². The van der Waals surface area contributed by atoms with Gasteiger partial charge in [-0.2, -0.15) is 0 Å². The quantitative estimate of drug-likeness (QED) is 0.702. The van der Waals surface area contributed by atoms with Crippen LogP contribution in [0.3, 0.4) is 0 Å². The van der Waals surface area contributed by atoms with Crippen molar-refractivity contribution < 1.29 is 4.42 Å². The summed E-state index contributed by atoms with van der Waals surface area (Å²) < 4.78 is 5.99. The number of rotatable bonds is 5. The maximum atomic E-state index is 5.99. The fraction of sp³-hybridized carbons (Fsp3) is 0.333. The molecule has 3 aromatic rings. The second kappa shape index (κ2) is 7.30. The molecule has 1 atom stereocenters. The van der Waals surface area contributed by atoms with Gasteiger partial charge in [0.05, 0.1) is 5.92 Å². The lowest BCUT2D eigenvalue weighted by Gasteiger charge is -2.15. The SMILES string of the molecule is CN(C)c1ccc(-c2nnc(C3CCN(Cc4ccccc4)C3)o2)cc1. The van der Waals surface area contributed by atoms with Crippen molar-refractivity contribution in [2.75, 3.05) is 32.1 Å². The Morgan fingerprint density at radius 3 is 2.54 bits per heavy atom. The van der Waals surface area contributed by atoms with Crippen LogP contribution in [0.1, 0.15) is 23.8 Å². The lowest BCUT2D eigenvalue weighted by atomic mass is 10.1. The zero-order chi connectivity index (χ0) is 17.9. The molecule has 0 aliphatic carbocycles. The molecule has 0 N–H and O–H groups in total. The Balaban J connectivity index is 1.42. The van der Waals surface area contributed by atoms with E-state index in [-0.39, 0.29) is 0 Å². The van der Waals surface area contributed by atoms with E-state index >= 15 is 0 Å². The number of aromatic nitrogens is 2. The molecule has 1 saturated heterocycles. The predicted molar refractivity (Wildman–Crippen MR) is 103 cm³/mol. The molecule has 26 heavy (non-hydrogen) atoms. The highest BCUT2D eigenvalue weighted by molar-refractivity contribution is 5.58. The molecule has 0 radical (unpaired) electrons. The Labute approximate surface area is 154 Å². The normalized spacial score (nSPS) is 17.5. The van der Waals surface area contributed by atoms with Crippen LogP contribution in [0, 0.1) is 0 Å². The Kier molecular flexibility index (Phi) is 4.71.